The predicted octanol–water partition coefficient (Wildman–Crippen LogP) is -0.211. The number of imidazole rings is 1. The van der Waals surface area contributed by atoms with Crippen LogP contribution in [-0.2, 0) is 26.1 Å². The van der Waals surface area contributed by atoms with E-state index in [1.165, 1.54) is 23.7 Å². The second-order valence-electron chi connectivity index (χ2n) is 4.13. The van der Waals surface area contributed by atoms with Gasteiger partial charge in [-0.2, -0.15) is 0 Å². The van der Waals surface area contributed by atoms with Crippen molar-refractivity contribution in [3.05, 3.63) is 15.9 Å². The lowest BCUT2D eigenvalue weighted by atomic mass is 10.4. The number of nitrogens with zero attached hydrogens (tertiary/aromatic N) is 4. The average Bonchev–Trinajstić information content (AvgIpc) is 2.74. The number of hydrogen-bond acceptors (Lipinski definition) is 8. The summed E-state index contributed by atoms with van der Waals surface area (Å²) in [6.45, 7) is 0.891. The number of nitro groups is 1. The Morgan fingerprint density at radius 3 is 2.14 bits per heavy atom. The maximum Gasteiger partial charge on any atom is 0.406 e. The molecular weight excluding hydrogens is 284 g/mol. The van der Waals surface area contributed by atoms with Crippen molar-refractivity contribution in [3.8, 4) is 0 Å². The van der Waals surface area contributed by atoms with Crippen LogP contribution >= 0.6 is 0 Å². The number of carbonyl (C=O) groups is 2. The molecule has 0 bridgehead atoms. The van der Waals surface area contributed by atoms with Crippen LogP contribution in [0.3, 0.4) is 0 Å². The van der Waals surface area contributed by atoms with Crippen molar-refractivity contribution in [3.63, 3.8) is 0 Å². The summed E-state index contributed by atoms with van der Waals surface area (Å²) >= 11 is 0. The first kappa shape index (κ1) is 16.4. The van der Waals surface area contributed by atoms with Crippen LogP contribution in [0.25, 0.3) is 0 Å². The second-order valence-corrected chi connectivity index (χ2v) is 4.13. The van der Waals surface area contributed by atoms with Crippen LogP contribution in [0.2, 0.25) is 0 Å². The molecule has 0 radical (unpaired) electrons. The van der Waals surface area contributed by atoms with Crippen LogP contribution < -0.4 is 4.90 Å². The van der Waals surface area contributed by atoms with E-state index in [9.17, 15) is 19.7 Å². The summed E-state index contributed by atoms with van der Waals surface area (Å²) in [5.74, 6) is -1.33. The Balaban J connectivity index is 3.27. The second kappa shape index (κ2) is 6.68. The first-order chi connectivity index (χ1) is 9.81. The fourth-order valence-electron chi connectivity index (χ4n) is 1.70. The summed E-state index contributed by atoms with van der Waals surface area (Å²) in [6.07, 6.45) is 0. The van der Waals surface area contributed by atoms with Gasteiger partial charge in [0.05, 0.1) is 14.2 Å². The Morgan fingerprint density at radius 2 is 1.76 bits per heavy atom. The molecule has 1 heterocycles. The summed E-state index contributed by atoms with van der Waals surface area (Å²) in [6, 6.07) is 0. The number of methoxy groups -OCH3 is 2. The molecule has 0 N–H and O–H groups in total. The molecule has 1 rings (SSSR count). The highest BCUT2D eigenvalue weighted by molar-refractivity contribution is 5.82. The van der Waals surface area contributed by atoms with Crippen molar-refractivity contribution in [1.29, 1.82) is 0 Å². The third-order valence-electron chi connectivity index (χ3n) is 2.84. The van der Waals surface area contributed by atoms with E-state index in [2.05, 4.69) is 14.5 Å². The Hall–Kier alpha value is -2.65. The Bertz CT molecular complexity index is 549. The topological polar surface area (TPSA) is 117 Å². The molecule has 0 aliphatic heterocycles. The number of carbonyl (C=O) groups excluding carboxylic acids is 2. The maximum absolute atomic E-state index is 11.4. The standard InChI is InChI=1S/C11H16N4O6/c1-7-12-10(15(18)19)11(13(7)2)14(5-8(16)20-3)6-9(17)21-4/h5-6H2,1-4H3. The number of aromatic nitrogens is 2. The average molecular weight is 300 g/mol. The lowest BCUT2D eigenvalue weighted by Crippen LogP contribution is -2.37. The van der Waals surface area contributed by atoms with Crippen LogP contribution in [0.1, 0.15) is 5.82 Å². The van der Waals surface area contributed by atoms with Crippen LogP contribution in [0.15, 0.2) is 0 Å². The summed E-state index contributed by atoms with van der Waals surface area (Å²) in [7, 11) is 3.91. The van der Waals surface area contributed by atoms with Gasteiger partial charge in [0.1, 0.15) is 13.1 Å². The van der Waals surface area contributed by atoms with Crippen LogP contribution in [0.5, 0.6) is 0 Å². The van der Waals surface area contributed by atoms with E-state index >= 15 is 0 Å². The van der Waals surface area contributed by atoms with Crippen LogP contribution in [-0.4, -0.2) is 53.7 Å². The van der Waals surface area contributed by atoms with Gasteiger partial charge in [0.2, 0.25) is 11.6 Å². The van der Waals surface area contributed by atoms with Gasteiger partial charge in [0, 0.05) is 14.0 Å². The molecular formula is C11H16N4O6. The quantitative estimate of drug-likeness (QED) is 0.402. The third-order valence-corrected chi connectivity index (χ3v) is 2.84. The van der Waals surface area contributed by atoms with E-state index in [0.717, 1.165) is 0 Å². The highest BCUT2D eigenvalue weighted by Crippen LogP contribution is 2.27. The normalized spacial score (nSPS) is 10.1. The van der Waals surface area contributed by atoms with E-state index in [0.29, 0.717) is 5.82 Å². The molecule has 0 saturated heterocycles. The molecule has 0 aromatic carbocycles. The van der Waals surface area contributed by atoms with E-state index < -0.39 is 22.7 Å². The van der Waals surface area contributed by atoms with E-state index in [4.69, 9.17) is 0 Å². The number of rotatable bonds is 6. The molecule has 0 aliphatic carbocycles. The van der Waals surface area contributed by atoms with Gasteiger partial charge in [-0.1, -0.05) is 0 Å². The van der Waals surface area contributed by atoms with Gasteiger partial charge in [-0.05, 0) is 9.91 Å². The number of anilines is 1. The Labute approximate surface area is 120 Å². The van der Waals surface area contributed by atoms with Crippen molar-refractivity contribution in [2.45, 2.75) is 6.92 Å². The summed E-state index contributed by atoms with van der Waals surface area (Å²) in [5, 5.41) is 11.1. The molecule has 21 heavy (non-hydrogen) atoms. The number of aryl methyl sites for hydroxylation is 1. The Kier molecular flexibility index (Phi) is 5.22. The first-order valence-electron chi connectivity index (χ1n) is 5.88. The number of ether oxygens (including phenoxy) is 2. The fourth-order valence-corrected chi connectivity index (χ4v) is 1.70. The minimum Gasteiger partial charge on any atom is -0.468 e. The lowest BCUT2D eigenvalue weighted by Gasteiger charge is -2.21. The summed E-state index contributed by atoms with van der Waals surface area (Å²) in [4.78, 5) is 38.3. The highest BCUT2D eigenvalue weighted by Gasteiger charge is 2.31. The number of esters is 2. The number of hydrogen-bond donors (Lipinski definition) is 0. The van der Waals surface area contributed by atoms with Gasteiger partial charge in [-0.25, -0.2) is 0 Å². The minimum atomic E-state index is -0.677. The van der Waals surface area contributed by atoms with E-state index in [1.807, 2.05) is 0 Å². The predicted molar refractivity (Wildman–Crippen MR) is 70.8 cm³/mol. The molecule has 0 amide bonds. The van der Waals surface area contributed by atoms with Crippen LogP contribution in [0.4, 0.5) is 11.6 Å². The molecule has 1 aromatic rings. The molecule has 0 spiro atoms. The molecule has 0 unspecified atom stereocenters. The molecule has 10 nitrogen and oxygen atoms in total. The van der Waals surface area contributed by atoms with Crippen molar-refractivity contribution in [1.82, 2.24) is 9.55 Å². The van der Waals surface area contributed by atoms with Gasteiger partial charge >= 0.3 is 17.8 Å². The van der Waals surface area contributed by atoms with Crippen molar-refractivity contribution in [2.75, 3.05) is 32.2 Å². The highest BCUT2D eigenvalue weighted by atomic mass is 16.6. The smallest absolute Gasteiger partial charge is 0.406 e. The van der Waals surface area contributed by atoms with Crippen LogP contribution in [0, 0.1) is 17.0 Å². The van der Waals surface area contributed by atoms with Gasteiger partial charge in [-0.3, -0.25) is 14.2 Å². The minimum absolute atomic E-state index is 0.0355. The fraction of sp³-hybridized carbons (Fsp3) is 0.545. The van der Waals surface area contributed by atoms with Gasteiger partial charge < -0.3 is 24.5 Å². The molecule has 0 fully saturated rings. The molecule has 0 saturated carbocycles. The van der Waals surface area contributed by atoms with Gasteiger partial charge in [-0.15, -0.1) is 0 Å². The van der Waals surface area contributed by atoms with Crippen molar-refractivity contribution in [2.24, 2.45) is 7.05 Å². The van der Waals surface area contributed by atoms with Crippen molar-refractivity contribution >= 4 is 23.6 Å². The zero-order chi connectivity index (χ0) is 16.2. The zero-order valence-corrected chi connectivity index (χ0v) is 12.2. The SMILES string of the molecule is COC(=O)CN(CC(=O)OC)c1c([N+](=O)[O-])nc(C)n1C. The molecule has 10 heteroatoms. The molecule has 0 aliphatic rings. The van der Waals surface area contributed by atoms with Gasteiger partial charge in [0.15, 0.2) is 0 Å². The lowest BCUT2D eigenvalue weighted by molar-refractivity contribution is -0.388. The maximum atomic E-state index is 11.4. The Morgan fingerprint density at radius 1 is 1.29 bits per heavy atom. The summed E-state index contributed by atoms with van der Waals surface area (Å²) in [5.41, 5.74) is 0. The van der Waals surface area contributed by atoms with Gasteiger partial charge in [0.25, 0.3) is 0 Å². The molecule has 0 atom stereocenters. The summed E-state index contributed by atoms with van der Waals surface area (Å²) < 4.78 is 10.5. The van der Waals surface area contributed by atoms with Crippen molar-refractivity contribution < 1.29 is 24.0 Å². The van der Waals surface area contributed by atoms with E-state index in [-0.39, 0.29) is 18.9 Å². The third kappa shape index (κ3) is 3.68. The first-order valence-corrected chi connectivity index (χ1v) is 5.88. The zero-order valence-electron chi connectivity index (χ0n) is 12.2. The van der Waals surface area contributed by atoms with E-state index in [1.54, 1.807) is 14.0 Å². The largest absolute Gasteiger partial charge is 0.468 e. The monoisotopic (exact) mass is 300 g/mol. The molecule has 116 valence electrons. The molecule has 1 aromatic heterocycles.